The maximum absolute atomic E-state index is 9.57. The van der Waals surface area contributed by atoms with Gasteiger partial charge in [0.15, 0.2) is 0 Å². The smallest absolute Gasteiger partial charge is 0.0995 e. The van der Waals surface area contributed by atoms with Crippen molar-refractivity contribution in [3.8, 4) is 0 Å². The molecule has 3 heteroatoms. The van der Waals surface area contributed by atoms with Crippen LogP contribution in [0.15, 0.2) is 17.1 Å². The van der Waals surface area contributed by atoms with E-state index >= 15 is 0 Å². The maximum atomic E-state index is 9.57. The highest BCUT2D eigenvalue weighted by Crippen LogP contribution is 2.20. The fourth-order valence-corrected chi connectivity index (χ4v) is 3.83. The minimum atomic E-state index is -0.197. The first-order valence-electron chi connectivity index (χ1n) is 11.8. The summed E-state index contributed by atoms with van der Waals surface area (Å²) in [7, 11) is 0. The summed E-state index contributed by atoms with van der Waals surface area (Å²) < 4.78 is 0. The molecule has 0 aromatic carbocycles. The fraction of sp³-hybridized carbons (Fsp3) is 0.875. The van der Waals surface area contributed by atoms with Gasteiger partial charge in [-0.1, -0.05) is 70.4 Å². The molecule has 1 rings (SSSR count). The number of hydrogen-bond donors (Lipinski definition) is 2. The zero-order valence-electron chi connectivity index (χ0n) is 18.2. The summed E-state index contributed by atoms with van der Waals surface area (Å²) in [5.41, 5.74) is 0. The lowest BCUT2D eigenvalue weighted by Gasteiger charge is -2.18. The van der Waals surface area contributed by atoms with Crippen molar-refractivity contribution in [3.05, 3.63) is 12.2 Å². The lowest BCUT2D eigenvalue weighted by atomic mass is 9.93. The Labute approximate surface area is 169 Å². The van der Waals surface area contributed by atoms with Crippen LogP contribution in [0.3, 0.4) is 0 Å². The Hall–Kier alpha value is -0.830. The van der Waals surface area contributed by atoms with E-state index in [2.05, 4.69) is 29.4 Å². The summed E-state index contributed by atoms with van der Waals surface area (Å²) in [5, 5.41) is 13.0. The van der Waals surface area contributed by atoms with Crippen LogP contribution in [-0.4, -0.2) is 30.1 Å². The number of rotatable bonds is 18. The lowest BCUT2D eigenvalue weighted by Crippen LogP contribution is -2.27. The number of aliphatic hydroxyl groups excluding tert-OH is 1. The van der Waals surface area contributed by atoms with E-state index in [9.17, 15) is 5.11 Å². The highest BCUT2D eigenvalue weighted by molar-refractivity contribution is 5.85. The van der Waals surface area contributed by atoms with Crippen LogP contribution in [0.2, 0.25) is 0 Å². The maximum Gasteiger partial charge on any atom is 0.0995 e. The van der Waals surface area contributed by atoms with Crippen molar-refractivity contribution in [2.75, 3.05) is 13.1 Å². The number of nitrogens with zero attached hydrogens (tertiary/aromatic N) is 1. The molecule has 0 saturated heterocycles. The van der Waals surface area contributed by atoms with Crippen LogP contribution in [0.1, 0.15) is 110 Å². The number of allylic oxidation sites excluding steroid dienone is 2. The Balaban J connectivity index is 1.97. The van der Waals surface area contributed by atoms with Crippen molar-refractivity contribution >= 4 is 5.84 Å². The molecule has 0 amide bonds. The Morgan fingerprint density at radius 1 is 0.889 bits per heavy atom. The van der Waals surface area contributed by atoms with E-state index in [4.69, 9.17) is 0 Å². The van der Waals surface area contributed by atoms with Gasteiger partial charge in [0.25, 0.3) is 0 Å². The predicted molar refractivity (Wildman–Crippen MR) is 120 cm³/mol. The number of hydrogen-bond acceptors (Lipinski definition) is 3. The van der Waals surface area contributed by atoms with Gasteiger partial charge in [0.05, 0.1) is 18.5 Å². The molecule has 2 atom stereocenters. The van der Waals surface area contributed by atoms with Gasteiger partial charge in [-0.3, -0.25) is 4.99 Å². The SMILES string of the molecule is CCCCCCCC/C=C\CCCCCCC(CCC(C)O)C1=NCCN1. The molecular weight excluding hydrogens is 332 g/mol. The third-order valence-electron chi connectivity index (χ3n) is 5.58. The summed E-state index contributed by atoms with van der Waals surface area (Å²) in [4.78, 5) is 4.61. The zero-order valence-corrected chi connectivity index (χ0v) is 18.2. The largest absolute Gasteiger partial charge is 0.393 e. The molecule has 1 aliphatic heterocycles. The highest BCUT2D eigenvalue weighted by Gasteiger charge is 2.18. The van der Waals surface area contributed by atoms with Crippen LogP contribution >= 0.6 is 0 Å². The van der Waals surface area contributed by atoms with Crippen molar-refractivity contribution in [1.29, 1.82) is 0 Å². The first-order valence-corrected chi connectivity index (χ1v) is 11.8. The molecular formula is C24H46N2O. The molecule has 0 radical (unpaired) electrons. The standard InChI is InChI=1S/C24H46N2O/c1-3-4-5-6-7-8-9-10-11-12-13-14-15-16-17-23(19-18-22(2)27)24-25-20-21-26-24/h10-11,22-23,27H,3-9,12-21H2,1-2H3,(H,25,26)/b11-10-. The molecule has 0 fully saturated rings. The van der Waals surface area contributed by atoms with Crippen LogP contribution < -0.4 is 5.32 Å². The van der Waals surface area contributed by atoms with Gasteiger partial charge >= 0.3 is 0 Å². The minimum absolute atomic E-state index is 0.197. The van der Waals surface area contributed by atoms with E-state index in [0.717, 1.165) is 25.9 Å². The Morgan fingerprint density at radius 2 is 1.52 bits per heavy atom. The van der Waals surface area contributed by atoms with Gasteiger partial charge in [-0.25, -0.2) is 0 Å². The molecule has 27 heavy (non-hydrogen) atoms. The molecule has 0 bridgehead atoms. The summed E-state index contributed by atoms with van der Waals surface area (Å²) in [5.74, 6) is 1.73. The van der Waals surface area contributed by atoms with E-state index in [-0.39, 0.29) is 6.10 Å². The van der Waals surface area contributed by atoms with Crippen LogP contribution in [0, 0.1) is 5.92 Å². The summed E-state index contributed by atoms with van der Waals surface area (Å²) in [6.45, 7) is 6.08. The van der Waals surface area contributed by atoms with Crippen molar-refractivity contribution in [1.82, 2.24) is 5.32 Å². The number of aliphatic imine (C=N–C) groups is 1. The van der Waals surface area contributed by atoms with Crippen LogP contribution in [0.25, 0.3) is 0 Å². The topological polar surface area (TPSA) is 44.6 Å². The molecule has 0 spiro atoms. The second-order valence-electron chi connectivity index (χ2n) is 8.34. The van der Waals surface area contributed by atoms with Gasteiger partial charge in [0.1, 0.15) is 0 Å². The van der Waals surface area contributed by atoms with E-state index in [0.29, 0.717) is 5.92 Å². The summed E-state index contributed by atoms with van der Waals surface area (Å²) >= 11 is 0. The normalized spacial score (nSPS) is 16.5. The summed E-state index contributed by atoms with van der Waals surface area (Å²) in [6, 6.07) is 0. The molecule has 0 saturated carbocycles. The molecule has 2 N–H and O–H groups in total. The quantitative estimate of drug-likeness (QED) is 0.214. The van der Waals surface area contributed by atoms with Crippen molar-refractivity contribution < 1.29 is 5.11 Å². The number of amidine groups is 1. The predicted octanol–water partition coefficient (Wildman–Crippen LogP) is 6.41. The Kier molecular flexibility index (Phi) is 15.5. The first kappa shape index (κ1) is 24.2. The third kappa shape index (κ3) is 13.9. The molecule has 3 nitrogen and oxygen atoms in total. The number of nitrogens with one attached hydrogen (secondary N) is 1. The second-order valence-corrected chi connectivity index (χ2v) is 8.34. The number of aliphatic hydroxyl groups is 1. The van der Waals surface area contributed by atoms with Crippen molar-refractivity contribution in [2.45, 2.75) is 116 Å². The second kappa shape index (κ2) is 17.3. The van der Waals surface area contributed by atoms with E-state index < -0.39 is 0 Å². The lowest BCUT2D eigenvalue weighted by molar-refractivity contribution is 0.176. The molecule has 0 aromatic heterocycles. The highest BCUT2D eigenvalue weighted by atomic mass is 16.3. The average molecular weight is 379 g/mol. The molecule has 158 valence electrons. The van der Waals surface area contributed by atoms with Crippen molar-refractivity contribution in [3.63, 3.8) is 0 Å². The average Bonchev–Trinajstić information content (AvgIpc) is 3.18. The van der Waals surface area contributed by atoms with E-state index in [1.165, 1.54) is 89.3 Å². The monoisotopic (exact) mass is 378 g/mol. The van der Waals surface area contributed by atoms with Crippen molar-refractivity contribution in [2.24, 2.45) is 10.9 Å². The number of unbranched alkanes of at least 4 members (excludes halogenated alkanes) is 10. The Morgan fingerprint density at radius 3 is 2.11 bits per heavy atom. The first-order chi connectivity index (χ1) is 13.2. The van der Waals surface area contributed by atoms with Gasteiger partial charge in [-0.05, 0) is 51.9 Å². The molecule has 1 heterocycles. The summed E-state index contributed by atoms with van der Waals surface area (Å²) in [6.07, 6.45) is 23.9. The van der Waals surface area contributed by atoms with Gasteiger partial charge in [0, 0.05) is 12.5 Å². The van der Waals surface area contributed by atoms with Gasteiger partial charge in [-0.2, -0.15) is 0 Å². The zero-order chi connectivity index (χ0) is 19.6. The van der Waals surface area contributed by atoms with Gasteiger partial charge < -0.3 is 10.4 Å². The van der Waals surface area contributed by atoms with E-state index in [1.807, 2.05) is 6.92 Å². The minimum Gasteiger partial charge on any atom is -0.393 e. The third-order valence-corrected chi connectivity index (χ3v) is 5.58. The van der Waals surface area contributed by atoms with Gasteiger partial charge in [-0.15, -0.1) is 0 Å². The molecule has 0 aliphatic carbocycles. The molecule has 0 aromatic rings. The van der Waals surface area contributed by atoms with Crippen LogP contribution in [-0.2, 0) is 0 Å². The van der Waals surface area contributed by atoms with Crippen LogP contribution in [0.5, 0.6) is 0 Å². The Bertz CT molecular complexity index is 390. The van der Waals surface area contributed by atoms with Gasteiger partial charge in [0.2, 0.25) is 0 Å². The molecule has 1 aliphatic rings. The molecule has 2 unspecified atom stereocenters. The van der Waals surface area contributed by atoms with E-state index in [1.54, 1.807) is 0 Å². The fourth-order valence-electron chi connectivity index (χ4n) is 3.83. The van der Waals surface area contributed by atoms with Crippen LogP contribution in [0.4, 0.5) is 0 Å².